The number of hydrogen-bond donors (Lipinski definition) is 2. The van der Waals surface area contributed by atoms with Crippen LogP contribution in [0.2, 0.25) is 15.1 Å². The van der Waals surface area contributed by atoms with Crippen molar-refractivity contribution in [2.75, 3.05) is 7.11 Å². The molecule has 1 fully saturated rings. The quantitative estimate of drug-likeness (QED) is 0.654. The molecule has 3 rings (SSSR count). The van der Waals surface area contributed by atoms with Gasteiger partial charge in [0.25, 0.3) is 5.91 Å². The van der Waals surface area contributed by atoms with Crippen molar-refractivity contribution in [3.05, 3.63) is 55.9 Å². The number of benzene rings is 2. The third kappa shape index (κ3) is 4.10. The fraction of sp³-hybridized carbons (Fsp3) is 0.0588. The minimum absolute atomic E-state index is 0.126. The number of methoxy groups -OCH3 is 1. The molecule has 1 saturated heterocycles. The van der Waals surface area contributed by atoms with Gasteiger partial charge in [0.15, 0.2) is 16.7 Å². The highest BCUT2D eigenvalue weighted by Gasteiger charge is 2.24. The third-order valence-corrected chi connectivity index (χ3v) is 5.09. The predicted octanol–water partition coefficient (Wildman–Crippen LogP) is 5.25. The monoisotopic (exact) mass is 428 g/mol. The van der Waals surface area contributed by atoms with E-state index in [9.17, 15) is 9.90 Å². The largest absolute Gasteiger partial charge is 0.503 e. The molecule has 26 heavy (non-hydrogen) atoms. The Morgan fingerprint density at radius 2 is 1.96 bits per heavy atom. The number of nitrogens with one attached hydrogen (secondary N) is 1. The van der Waals surface area contributed by atoms with Crippen LogP contribution in [-0.2, 0) is 4.79 Å². The van der Waals surface area contributed by atoms with E-state index in [1.165, 1.54) is 13.2 Å². The molecule has 5 nitrogen and oxygen atoms in total. The summed E-state index contributed by atoms with van der Waals surface area (Å²) >= 11 is 19.1. The van der Waals surface area contributed by atoms with Crippen LogP contribution in [0.3, 0.4) is 0 Å². The van der Waals surface area contributed by atoms with E-state index in [1.807, 2.05) is 0 Å². The van der Waals surface area contributed by atoms with E-state index in [0.717, 1.165) is 11.8 Å². The summed E-state index contributed by atoms with van der Waals surface area (Å²) in [5.41, 5.74) is 1.10. The minimum Gasteiger partial charge on any atom is -0.503 e. The van der Waals surface area contributed by atoms with Gasteiger partial charge in [-0.1, -0.05) is 34.8 Å². The molecule has 0 bridgehead atoms. The van der Waals surface area contributed by atoms with Gasteiger partial charge in [-0.2, -0.15) is 0 Å². The third-order valence-electron chi connectivity index (χ3n) is 3.35. The molecule has 1 aliphatic rings. The minimum atomic E-state index is -0.304. The van der Waals surface area contributed by atoms with Crippen molar-refractivity contribution in [1.82, 2.24) is 5.32 Å². The van der Waals surface area contributed by atoms with E-state index in [-0.39, 0.29) is 22.4 Å². The van der Waals surface area contributed by atoms with Gasteiger partial charge in [0.1, 0.15) is 0 Å². The molecule has 2 aromatic carbocycles. The van der Waals surface area contributed by atoms with Gasteiger partial charge in [0, 0.05) is 5.02 Å². The number of hydrogen-bond acceptors (Lipinski definition) is 5. The first-order valence-electron chi connectivity index (χ1n) is 7.18. The zero-order chi connectivity index (χ0) is 18.8. The number of carbonyl (C=O) groups is 1. The van der Waals surface area contributed by atoms with Crippen LogP contribution in [0.25, 0.3) is 6.08 Å². The molecule has 134 valence electrons. The maximum atomic E-state index is 12.2. The molecule has 0 aromatic heterocycles. The van der Waals surface area contributed by atoms with E-state index in [1.54, 1.807) is 30.3 Å². The molecule has 0 saturated carbocycles. The Morgan fingerprint density at radius 1 is 1.19 bits per heavy atom. The van der Waals surface area contributed by atoms with Gasteiger partial charge in [0.05, 0.1) is 27.7 Å². The number of ether oxygens (including phenoxy) is 1. The van der Waals surface area contributed by atoms with Gasteiger partial charge in [-0.25, -0.2) is 4.99 Å². The van der Waals surface area contributed by atoms with Crippen molar-refractivity contribution < 1.29 is 14.6 Å². The van der Waals surface area contributed by atoms with Gasteiger partial charge in [-0.3, -0.25) is 4.79 Å². The van der Waals surface area contributed by atoms with Crippen molar-refractivity contribution in [2.45, 2.75) is 0 Å². The van der Waals surface area contributed by atoms with Crippen LogP contribution in [0, 0.1) is 0 Å². The van der Waals surface area contributed by atoms with Crippen LogP contribution >= 0.6 is 46.6 Å². The topological polar surface area (TPSA) is 70.9 Å². The zero-order valence-corrected chi connectivity index (χ0v) is 16.3. The number of phenols is 1. The lowest BCUT2D eigenvalue weighted by atomic mass is 10.2. The summed E-state index contributed by atoms with van der Waals surface area (Å²) in [4.78, 5) is 16.9. The molecule has 2 N–H and O–H groups in total. The summed E-state index contributed by atoms with van der Waals surface area (Å²) in [6.45, 7) is 0. The van der Waals surface area contributed by atoms with Gasteiger partial charge in [0.2, 0.25) is 0 Å². The van der Waals surface area contributed by atoms with Crippen molar-refractivity contribution in [2.24, 2.45) is 4.99 Å². The normalized spacial score (nSPS) is 17.0. The Hall–Kier alpha value is -1.86. The predicted molar refractivity (Wildman–Crippen MR) is 107 cm³/mol. The molecule has 1 aliphatic heterocycles. The van der Waals surface area contributed by atoms with E-state index in [4.69, 9.17) is 39.5 Å². The Balaban J connectivity index is 1.89. The Bertz CT molecular complexity index is 961. The lowest BCUT2D eigenvalue weighted by Gasteiger charge is -2.06. The van der Waals surface area contributed by atoms with Crippen LogP contribution in [-0.4, -0.2) is 23.3 Å². The first-order valence-corrected chi connectivity index (χ1v) is 9.13. The molecule has 2 aromatic rings. The maximum Gasteiger partial charge on any atom is 0.264 e. The maximum absolute atomic E-state index is 12.2. The number of aliphatic imine (C=N–C) groups is 1. The second kappa shape index (κ2) is 7.80. The average molecular weight is 430 g/mol. The first-order chi connectivity index (χ1) is 12.4. The van der Waals surface area contributed by atoms with Crippen molar-refractivity contribution in [3.63, 3.8) is 0 Å². The lowest BCUT2D eigenvalue weighted by Crippen LogP contribution is -2.19. The lowest BCUT2D eigenvalue weighted by molar-refractivity contribution is -0.115. The summed E-state index contributed by atoms with van der Waals surface area (Å²) < 4.78 is 5.06. The Kier molecular flexibility index (Phi) is 5.67. The van der Waals surface area contributed by atoms with Gasteiger partial charge >= 0.3 is 0 Å². The highest BCUT2D eigenvalue weighted by atomic mass is 35.5. The van der Waals surface area contributed by atoms with Gasteiger partial charge in [-0.15, -0.1) is 0 Å². The highest BCUT2D eigenvalue weighted by molar-refractivity contribution is 8.18. The average Bonchev–Trinajstić information content (AvgIpc) is 2.92. The first kappa shape index (κ1) is 18.9. The van der Waals surface area contributed by atoms with Gasteiger partial charge in [-0.05, 0) is 53.7 Å². The number of rotatable bonds is 3. The van der Waals surface area contributed by atoms with Crippen LogP contribution in [0.15, 0.2) is 40.2 Å². The van der Waals surface area contributed by atoms with Gasteiger partial charge < -0.3 is 15.2 Å². The SMILES string of the molecule is COc1cc(/C=C2/SC(=Nc3ccc(Cl)cc3Cl)NC2=O)cc(Cl)c1O. The molecule has 0 atom stereocenters. The molecule has 0 aliphatic carbocycles. The smallest absolute Gasteiger partial charge is 0.264 e. The number of phenolic OH excluding ortho intramolecular Hbond substituents is 1. The molecule has 1 amide bonds. The highest BCUT2D eigenvalue weighted by Crippen LogP contribution is 2.37. The number of amides is 1. The molecule has 0 spiro atoms. The molecular formula is C17H11Cl3N2O3S. The van der Waals surface area contributed by atoms with Crippen LogP contribution in [0.1, 0.15) is 5.56 Å². The molecule has 9 heteroatoms. The van der Waals surface area contributed by atoms with E-state index in [2.05, 4.69) is 10.3 Å². The second-order valence-electron chi connectivity index (χ2n) is 5.13. The summed E-state index contributed by atoms with van der Waals surface area (Å²) in [6, 6.07) is 8.01. The molecule has 0 unspecified atom stereocenters. The molecule has 0 radical (unpaired) electrons. The molecular weight excluding hydrogens is 419 g/mol. The van der Waals surface area contributed by atoms with Crippen molar-refractivity contribution in [1.29, 1.82) is 0 Å². The Morgan fingerprint density at radius 3 is 2.65 bits per heavy atom. The van der Waals surface area contributed by atoms with E-state index in [0.29, 0.717) is 31.4 Å². The summed E-state index contributed by atoms with van der Waals surface area (Å²) in [7, 11) is 1.42. The summed E-state index contributed by atoms with van der Waals surface area (Å²) in [5, 5.41) is 13.9. The van der Waals surface area contributed by atoms with Crippen molar-refractivity contribution in [3.8, 4) is 11.5 Å². The Labute approximate surface area is 168 Å². The van der Waals surface area contributed by atoms with Crippen molar-refractivity contribution >= 4 is 69.4 Å². The van der Waals surface area contributed by atoms with Crippen LogP contribution in [0.5, 0.6) is 11.5 Å². The van der Waals surface area contributed by atoms with E-state index < -0.39 is 0 Å². The number of nitrogens with zero attached hydrogens (tertiary/aromatic N) is 1. The van der Waals surface area contributed by atoms with Crippen LogP contribution < -0.4 is 10.1 Å². The summed E-state index contributed by atoms with van der Waals surface area (Å²) in [6.07, 6.45) is 1.62. The number of halogens is 3. The zero-order valence-electron chi connectivity index (χ0n) is 13.2. The second-order valence-corrected chi connectivity index (χ2v) is 7.41. The fourth-order valence-electron chi connectivity index (χ4n) is 2.15. The van der Waals surface area contributed by atoms with Crippen LogP contribution in [0.4, 0.5) is 5.69 Å². The number of thioether (sulfide) groups is 1. The number of carbonyl (C=O) groups excluding carboxylic acids is 1. The number of amidine groups is 1. The fourth-order valence-corrected chi connectivity index (χ4v) is 3.65. The molecule has 1 heterocycles. The summed E-state index contributed by atoms with van der Waals surface area (Å²) in [5.74, 6) is -0.240. The number of aromatic hydroxyl groups is 1. The standard InChI is InChI=1S/C17H11Cl3N2O3S/c1-25-13-5-8(4-11(20)15(13)23)6-14-16(24)22-17(26-14)21-12-3-2-9(18)7-10(12)19/h2-7,23H,1H3,(H,21,22,24)/b14-6+. The van der Waals surface area contributed by atoms with E-state index >= 15 is 0 Å².